The van der Waals surface area contributed by atoms with Gasteiger partial charge in [0.05, 0.1) is 11.7 Å². The predicted molar refractivity (Wildman–Crippen MR) is 145 cm³/mol. The smallest absolute Gasteiger partial charge is 0.328 e. The summed E-state index contributed by atoms with van der Waals surface area (Å²) in [5, 5.41) is 6.28. The minimum Gasteiger partial charge on any atom is -0.351 e. The quantitative estimate of drug-likeness (QED) is 0.490. The molecule has 3 aliphatic rings. The molecule has 3 aromatic rings. The molecule has 1 aromatic carbocycles. The maximum absolute atomic E-state index is 13.5. The van der Waals surface area contributed by atoms with Gasteiger partial charge in [0.2, 0.25) is 11.8 Å². The van der Waals surface area contributed by atoms with Crippen LogP contribution in [0, 0.1) is 0 Å². The second-order valence-electron chi connectivity index (χ2n) is 9.45. The van der Waals surface area contributed by atoms with Gasteiger partial charge in [0.25, 0.3) is 0 Å². The minimum atomic E-state index is -0.571. The molecule has 5 heterocycles. The molecule has 192 valence electrons. The molecule has 2 N–H and O–H groups in total. The highest BCUT2D eigenvalue weighted by Crippen LogP contribution is 2.50. The van der Waals surface area contributed by atoms with Crippen LogP contribution in [0.5, 0.6) is 0 Å². The van der Waals surface area contributed by atoms with Crippen LogP contribution in [0.25, 0.3) is 11.1 Å². The van der Waals surface area contributed by atoms with E-state index in [0.29, 0.717) is 29.6 Å². The van der Waals surface area contributed by atoms with Gasteiger partial charge in [0, 0.05) is 37.1 Å². The van der Waals surface area contributed by atoms with Crippen LogP contribution in [-0.2, 0) is 9.59 Å². The van der Waals surface area contributed by atoms with Crippen molar-refractivity contribution in [1.29, 1.82) is 0 Å². The van der Waals surface area contributed by atoms with Crippen LogP contribution < -0.4 is 15.5 Å². The molecule has 10 heteroatoms. The molecule has 1 saturated heterocycles. The molecule has 9 nitrogen and oxygen atoms in total. The number of carbonyl (C=O) groups excluding carboxylic acids is 3. The Hall–Kier alpha value is -4.18. The lowest BCUT2D eigenvalue weighted by Gasteiger charge is -2.35. The molecular formula is C28H26N6O3S. The van der Waals surface area contributed by atoms with Crippen molar-refractivity contribution >= 4 is 41.1 Å². The maximum Gasteiger partial charge on any atom is 0.328 e. The van der Waals surface area contributed by atoms with Crippen molar-refractivity contribution in [3.8, 4) is 11.1 Å². The Balaban J connectivity index is 1.26. The lowest BCUT2D eigenvalue weighted by molar-refractivity contribution is -0.129. The second-order valence-corrected chi connectivity index (χ2v) is 10.6. The number of carbonyl (C=O) groups is 3. The summed E-state index contributed by atoms with van der Waals surface area (Å²) in [5.74, 6) is 0.174. The normalized spacial score (nSPS) is 21.9. The fourth-order valence-corrected chi connectivity index (χ4v) is 6.55. The monoisotopic (exact) mass is 526 g/mol. The van der Waals surface area contributed by atoms with Crippen LogP contribution in [0.4, 0.5) is 16.3 Å². The number of urea groups is 1. The largest absolute Gasteiger partial charge is 0.351 e. The van der Waals surface area contributed by atoms with Crippen molar-refractivity contribution in [2.24, 2.45) is 0 Å². The highest BCUT2D eigenvalue weighted by atomic mass is 32.2. The van der Waals surface area contributed by atoms with E-state index < -0.39 is 11.3 Å². The van der Waals surface area contributed by atoms with E-state index in [1.807, 2.05) is 42.5 Å². The van der Waals surface area contributed by atoms with Gasteiger partial charge < -0.3 is 15.5 Å². The van der Waals surface area contributed by atoms with Crippen molar-refractivity contribution in [3.05, 3.63) is 79.1 Å². The number of nitrogens with zero attached hydrogens (tertiary/aromatic N) is 4. The molecule has 3 atom stereocenters. The van der Waals surface area contributed by atoms with Crippen molar-refractivity contribution in [3.63, 3.8) is 0 Å². The number of anilines is 2. The lowest BCUT2D eigenvalue weighted by Crippen LogP contribution is -2.53. The van der Waals surface area contributed by atoms with Crippen LogP contribution in [-0.4, -0.2) is 57.1 Å². The number of aromatic nitrogens is 2. The number of hydrogen-bond donors (Lipinski definition) is 2. The van der Waals surface area contributed by atoms with Crippen molar-refractivity contribution in [2.45, 2.75) is 35.2 Å². The van der Waals surface area contributed by atoms with Crippen LogP contribution in [0.1, 0.15) is 24.4 Å². The van der Waals surface area contributed by atoms with Gasteiger partial charge in [-0.3, -0.25) is 9.59 Å². The molecule has 6 rings (SSSR count). The number of amides is 4. The van der Waals surface area contributed by atoms with Crippen molar-refractivity contribution in [2.75, 3.05) is 18.0 Å². The summed E-state index contributed by atoms with van der Waals surface area (Å²) in [6, 6.07) is 14.5. The van der Waals surface area contributed by atoms with Crippen LogP contribution in [0.2, 0.25) is 0 Å². The van der Waals surface area contributed by atoms with E-state index in [2.05, 4.69) is 27.2 Å². The minimum absolute atomic E-state index is 0.134. The molecule has 1 fully saturated rings. The van der Waals surface area contributed by atoms with Crippen LogP contribution >= 0.6 is 11.8 Å². The standard InChI is InChI=1S/C28H26N6O3S/c1-2-22(35)33-14-6-9-19(16-33)31-26(36)25-24-23-20(11-13-30-27(23)38-25)34(28(37)32-24)21-15-18(10-12-29-21)17-7-4-3-5-8-17/h2-5,7-8,10-13,15,19,24-25H,1,6,9,14,16H2,(H,31,36)(H,32,37)/t19?,24?,25-/m1/s1. The summed E-state index contributed by atoms with van der Waals surface area (Å²) in [4.78, 5) is 51.2. The molecule has 0 aliphatic carbocycles. The van der Waals surface area contributed by atoms with E-state index in [9.17, 15) is 14.4 Å². The molecule has 2 aromatic heterocycles. The molecule has 0 bridgehead atoms. The fraction of sp³-hybridized carbons (Fsp3) is 0.250. The highest BCUT2D eigenvalue weighted by molar-refractivity contribution is 8.01. The second kappa shape index (κ2) is 9.94. The first-order chi connectivity index (χ1) is 18.5. The van der Waals surface area contributed by atoms with Crippen LogP contribution in [0.15, 0.2) is 78.6 Å². The maximum atomic E-state index is 13.5. The third-order valence-corrected chi connectivity index (χ3v) is 8.39. The van der Waals surface area contributed by atoms with Gasteiger partial charge in [-0.1, -0.05) is 48.7 Å². The molecule has 4 amide bonds. The number of rotatable bonds is 5. The van der Waals surface area contributed by atoms with Gasteiger partial charge in [-0.05, 0) is 48.2 Å². The Morgan fingerprint density at radius 1 is 1.11 bits per heavy atom. The molecular weight excluding hydrogens is 500 g/mol. The molecule has 3 aliphatic heterocycles. The first-order valence-corrected chi connectivity index (χ1v) is 13.4. The van der Waals surface area contributed by atoms with Gasteiger partial charge in [0.15, 0.2) is 0 Å². The van der Waals surface area contributed by atoms with Gasteiger partial charge >= 0.3 is 6.03 Å². The van der Waals surface area contributed by atoms with Crippen molar-refractivity contribution in [1.82, 2.24) is 25.5 Å². The van der Waals surface area contributed by atoms with E-state index in [1.165, 1.54) is 17.8 Å². The fourth-order valence-electron chi connectivity index (χ4n) is 5.31. The van der Waals surface area contributed by atoms with Gasteiger partial charge in [0.1, 0.15) is 16.1 Å². The van der Waals surface area contributed by atoms with Crippen LogP contribution in [0.3, 0.4) is 0 Å². The first kappa shape index (κ1) is 24.2. The Kier molecular flexibility index (Phi) is 6.32. The van der Waals surface area contributed by atoms with Gasteiger partial charge in [-0.15, -0.1) is 0 Å². The lowest BCUT2D eigenvalue weighted by atomic mass is 9.99. The molecule has 0 spiro atoms. The number of likely N-dealkylation sites (tertiary alicyclic amines) is 1. The average Bonchev–Trinajstić information content (AvgIpc) is 3.33. The number of hydrogen-bond acceptors (Lipinski definition) is 6. The SMILES string of the molecule is C=CC(=O)N1CCCC(NC(=O)[C@@H]2Sc3nccc4c3C2NC(=O)N4c2cc(-c3ccccc3)ccn2)C1. The first-order valence-electron chi connectivity index (χ1n) is 12.5. The molecule has 0 radical (unpaired) electrons. The Bertz CT molecular complexity index is 1430. The predicted octanol–water partition coefficient (Wildman–Crippen LogP) is 3.81. The Labute approximate surface area is 224 Å². The summed E-state index contributed by atoms with van der Waals surface area (Å²) in [5.41, 5.74) is 3.45. The zero-order valence-electron chi connectivity index (χ0n) is 20.5. The van der Waals surface area contributed by atoms with E-state index in [4.69, 9.17) is 0 Å². The summed E-state index contributed by atoms with van der Waals surface area (Å²) in [6.07, 6.45) is 6.24. The summed E-state index contributed by atoms with van der Waals surface area (Å²) < 4.78 is 0. The third-order valence-electron chi connectivity index (χ3n) is 7.10. The summed E-state index contributed by atoms with van der Waals surface area (Å²) in [6.45, 7) is 4.66. The zero-order chi connectivity index (χ0) is 26.2. The Morgan fingerprint density at radius 2 is 1.92 bits per heavy atom. The van der Waals surface area contributed by atoms with Crippen molar-refractivity contribution < 1.29 is 14.4 Å². The third kappa shape index (κ3) is 4.30. The average molecular weight is 527 g/mol. The highest BCUT2D eigenvalue weighted by Gasteiger charge is 2.47. The number of pyridine rings is 2. The number of benzene rings is 1. The summed E-state index contributed by atoms with van der Waals surface area (Å²) >= 11 is 1.35. The topological polar surface area (TPSA) is 108 Å². The zero-order valence-corrected chi connectivity index (χ0v) is 21.4. The number of nitrogens with one attached hydrogen (secondary N) is 2. The number of thioether (sulfide) groups is 1. The molecule has 2 unspecified atom stereocenters. The summed E-state index contributed by atoms with van der Waals surface area (Å²) in [7, 11) is 0. The van der Waals surface area contributed by atoms with E-state index >= 15 is 0 Å². The van der Waals surface area contributed by atoms with Gasteiger partial charge in [-0.25, -0.2) is 19.7 Å². The van der Waals surface area contributed by atoms with E-state index in [0.717, 1.165) is 29.5 Å². The van der Waals surface area contributed by atoms with Gasteiger partial charge in [-0.2, -0.15) is 0 Å². The molecule has 38 heavy (non-hydrogen) atoms. The van der Waals surface area contributed by atoms with E-state index in [1.54, 1.807) is 28.3 Å². The molecule has 0 saturated carbocycles. The van der Waals surface area contributed by atoms with E-state index in [-0.39, 0.29) is 23.9 Å². The Morgan fingerprint density at radius 3 is 2.74 bits per heavy atom. The number of piperidine rings is 1.